The van der Waals surface area contributed by atoms with Crippen LogP contribution in [0.4, 0.5) is 17.6 Å². The second-order valence-electron chi connectivity index (χ2n) is 6.95. The molecule has 0 fully saturated rings. The number of amides is 1. The summed E-state index contributed by atoms with van der Waals surface area (Å²) in [5.74, 6) is -1.77. The lowest BCUT2D eigenvalue weighted by Crippen LogP contribution is -2.42. The molecule has 1 heterocycles. The number of benzene rings is 1. The number of para-hydroxylation sites is 1. The maximum absolute atomic E-state index is 14.0. The Morgan fingerprint density at radius 2 is 1.79 bits per heavy atom. The number of alkyl halides is 3. The number of carbonyl (C=O) groups is 1. The maximum Gasteiger partial charge on any atom is 0.434 e. The van der Waals surface area contributed by atoms with E-state index in [1.54, 1.807) is 0 Å². The standard InChI is InChI=1S/C19H24F4N4O/c1-12(2)26(13(3)4)10-9-24-18(28)14-11-25-27(17(14)19(21,22)23)16-8-6-5-7-15(16)20/h5-8,11-13H,9-10H2,1-4H3,(H,24,28). The smallest absolute Gasteiger partial charge is 0.351 e. The molecule has 0 unspecified atom stereocenters. The summed E-state index contributed by atoms with van der Waals surface area (Å²) < 4.78 is 55.2. The molecule has 0 bridgehead atoms. The van der Waals surface area contributed by atoms with Crippen LogP contribution in [0.2, 0.25) is 0 Å². The summed E-state index contributed by atoms with van der Waals surface area (Å²) in [7, 11) is 0. The average molecular weight is 400 g/mol. The molecule has 0 saturated carbocycles. The third-order valence-corrected chi connectivity index (χ3v) is 4.35. The Labute approximate surface area is 161 Å². The van der Waals surface area contributed by atoms with Crippen LogP contribution >= 0.6 is 0 Å². The van der Waals surface area contributed by atoms with Crippen LogP contribution in [0.25, 0.3) is 5.69 Å². The van der Waals surface area contributed by atoms with E-state index in [0.717, 1.165) is 12.3 Å². The van der Waals surface area contributed by atoms with E-state index in [9.17, 15) is 22.4 Å². The van der Waals surface area contributed by atoms with Gasteiger partial charge in [-0.3, -0.25) is 9.69 Å². The maximum atomic E-state index is 14.0. The highest BCUT2D eigenvalue weighted by molar-refractivity contribution is 5.95. The molecule has 28 heavy (non-hydrogen) atoms. The first-order chi connectivity index (χ1) is 13.0. The minimum absolute atomic E-state index is 0.178. The Balaban J connectivity index is 2.26. The molecule has 0 aliphatic carbocycles. The van der Waals surface area contributed by atoms with E-state index in [1.807, 2.05) is 27.7 Å². The molecule has 154 valence electrons. The third-order valence-electron chi connectivity index (χ3n) is 4.35. The van der Waals surface area contributed by atoms with Crippen LogP contribution in [0, 0.1) is 5.82 Å². The molecule has 1 amide bonds. The van der Waals surface area contributed by atoms with Gasteiger partial charge in [-0.2, -0.15) is 18.3 Å². The van der Waals surface area contributed by atoms with Gasteiger partial charge < -0.3 is 5.32 Å². The van der Waals surface area contributed by atoms with Crippen LogP contribution in [0.15, 0.2) is 30.5 Å². The predicted molar refractivity (Wildman–Crippen MR) is 97.8 cm³/mol. The Bertz CT molecular complexity index is 807. The van der Waals surface area contributed by atoms with E-state index in [4.69, 9.17) is 0 Å². The van der Waals surface area contributed by atoms with Crippen molar-refractivity contribution in [2.24, 2.45) is 0 Å². The SMILES string of the molecule is CC(C)N(CCNC(=O)c1cnn(-c2ccccc2F)c1C(F)(F)F)C(C)C. The molecule has 5 nitrogen and oxygen atoms in total. The molecule has 9 heteroatoms. The molecule has 2 rings (SSSR count). The summed E-state index contributed by atoms with van der Waals surface area (Å²) in [6.45, 7) is 8.68. The van der Waals surface area contributed by atoms with Gasteiger partial charge >= 0.3 is 6.18 Å². The number of nitrogens with one attached hydrogen (secondary N) is 1. The van der Waals surface area contributed by atoms with E-state index in [2.05, 4.69) is 15.3 Å². The summed E-state index contributed by atoms with van der Waals surface area (Å²) in [5, 5.41) is 6.12. The summed E-state index contributed by atoms with van der Waals surface area (Å²) in [5.41, 5.74) is -2.32. The Hall–Kier alpha value is -2.42. The number of hydrogen-bond acceptors (Lipinski definition) is 3. The van der Waals surface area contributed by atoms with E-state index in [-0.39, 0.29) is 24.3 Å². The van der Waals surface area contributed by atoms with Crippen molar-refractivity contribution in [2.75, 3.05) is 13.1 Å². The van der Waals surface area contributed by atoms with Crippen molar-refractivity contribution in [3.63, 3.8) is 0 Å². The average Bonchev–Trinajstić information content (AvgIpc) is 3.03. The van der Waals surface area contributed by atoms with Crippen LogP contribution in [0.1, 0.15) is 43.7 Å². The molecule has 1 N–H and O–H groups in total. The van der Waals surface area contributed by atoms with E-state index in [1.165, 1.54) is 18.2 Å². The van der Waals surface area contributed by atoms with Gasteiger partial charge in [0.25, 0.3) is 5.91 Å². The molecular weight excluding hydrogens is 376 g/mol. The first-order valence-electron chi connectivity index (χ1n) is 8.98. The van der Waals surface area contributed by atoms with Crippen LogP contribution < -0.4 is 5.32 Å². The van der Waals surface area contributed by atoms with Gasteiger partial charge in [0.1, 0.15) is 11.5 Å². The van der Waals surface area contributed by atoms with Crippen LogP contribution in [-0.2, 0) is 6.18 Å². The van der Waals surface area contributed by atoms with Crippen molar-refractivity contribution in [3.05, 3.63) is 47.5 Å². The predicted octanol–water partition coefficient (Wildman–Crippen LogP) is 3.88. The molecule has 0 atom stereocenters. The quantitative estimate of drug-likeness (QED) is 0.718. The second kappa shape index (κ2) is 8.72. The number of carbonyl (C=O) groups excluding carboxylic acids is 1. The fraction of sp³-hybridized carbons (Fsp3) is 0.474. The number of rotatable bonds is 7. The van der Waals surface area contributed by atoms with Crippen LogP contribution in [-0.4, -0.2) is 45.8 Å². The molecule has 0 radical (unpaired) electrons. The van der Waals surface area contributed by atoms with Gasteiger partial charge in [-0.05, 0) is 39.8 Å². The molecule has 0 spiro atoms. The highest BCUT2D eigenvalue weighted by atomic mass is 19.4. The van der Waals surface area contributed by atoms with Crippen molar-refractivity contribution < 1.29 is 22.4 Å². The first-order valence-corrected chi connectivity index (χ1v) is 8.98. The van der Waals surface area contributed by atoms with Gasteiger partial charge in [0.05, 0.1) is 11.8 Å². The van der Waals surface area contributed by atoms with Gasteiger partial charge in [-0.1, -0.05) is 12.1 Å². The van der Waals surface area contributed by atoms with Gasteiger partial charge in [0.15, 0.2) is 5.69 Å². The minimum Gasteiger partial charge on any atom is -0.351 e. The number of aromatic nitrogens is 2. The van der Waals surface area contributed by atoms with Crippen LogP contribution in [0.5, 0.6) is 0 Å². The molecule has 2 aromatic rings. The van der Waals surface area contributed by atoms with Crippen molar-refractivity contribution in [1.29, 1.82) is 0 Å². The number of nitrogens with zero attached hydrogens (tertiary/aromatic N) is 3. The summed E-state index contributed by atoms with van der Waals surface area (Å²) in [4.78, 5) is 14.5. The zero-order valence-electron chi connectivity index (χ0n) is 16.2. The second-order valence-corrected chi connectivity index (χ2v) is 6.95. The normalized spacial score (nSPS) is 12.2. The summed E-state index contributed by atoms with van der Waals surface area (Å²) >= 11 is 0. The van der Waals surface area contributed by atoms with Gasteiger partial charge in [0.2, 0.25) is 0 Å². The van der Waals surface area contributed by atoms with Gasteiger partial charge in [0, 0.05) is 25.2 Å². The molecular formula is C19H24F4N4O. The van der Waals surface area contributed by atoms with Gasteiger partial charge in [-0.15, -0.1) is 0 Å². The Morgan fingerprint density at radius 3 is 2.32 bits per heavy atom. The Kier molecular flexibility index (Phi) is 6.82. The minimum atomic E-state index is -4.88. The largest absolute Gasteiger partial charge is 0.434 e. The lowest BCUT2D eigenvalue weighted by atomic mass is 10.2. The molecule has 0 saturated heterocycles. The van der Waals surface area contributed by atoms with Crippen molar-refractivity contribution in [2.45, 2.75) is 46.0 Å². The van der Waals surface area contributed by atoms with E-state index >= 15 is 0 Å². The monoisotopic (exact) mass is 400 g/mol. The highest BCUT2D eigenvalue weighted by Gasteiger charge is 2.41. The lowest BCUT2D eigenvalue weighted by Gasteiger charge is -2.30. The lowest BCUT2D eigenvalue weighted by molar-refractivity contribution is -0.143. The van der Waals surface area contributed by atoms with Crippen molar-refractivity contribution in [1.82, 2.24) is 20.0 Å². The fourth-order valence-electron chi connectivity index (χ4n) is 3.10. The summed E-state index contributed by atoms with van der Waals surface area (Å²) in [6.07, 6.45) is -4.07. The first kappa shape index (κ1) is 21.9. The molecule has 1 aromatic carbocycles. The van der Waals surface area contributed by atoms with Crippen molar-refractivity contribution >= 4 is 5.91 Å². The zero-order valence-corrected chi connectivity index (χ0v) is 16.2. The topological polar surface area (TPSA) is 50.2 Å². The molecule has 1 aromatic heterocycles. The Morgan fingerprint density at radius 1 is 1.18 bits per heavy atom. The van der Waals surface area contributed by atoms with E-state index in [0.29, 0.717) is 11.2 Å². The van der Waals surface area contributed by atoms with E-state index < -0.39 is 29.2 Å². The highest BCUT2D eigenvalue weighted by Crippen LogP contribution is 2.34. The van der Waals surface area contributed by atoms with Crippen LogP contribution in [0.3, 0.4) is 0 Å². The molecule has 0 aliphatic heterocycles. The number of hydrogen-bond donors (Lipinski definition) is 1. The third kappa shape index (κ3) is 4.89. The summed E-state index contributed by atoms with van der Waals surface area (Å²) in [6, 6.07) is 5.41. The van der Waals surface area contributed by atoms with Crippen molar-refractivity contribution in [3.8, 4) is 5.69 Å². The van der Waals surface area contributed by atoms with Gasteiger partial charge in [-0.25, -0.2) is 9.07 Å². The zero-order chi connectivity index (χ0) is 21.1. The fourth-order valence-corrected chi connectivity index (χ4v) is 3.10. The number of halogens is 4. The molecule has 0 aliphatic rings.